The van der Waals surface area contributed by atoms with E-state index in [4.69, 9.17) is 4.74 Å². The summed E-state index contributed by atoms with van der Waals surface area (Å²) in [7, 11) is 5.30. The zero-order chi connectivity index (χ0) is 20.5. The van der Waals surface area contributed by atoms with Crippen LogP contribution >= 0.6 is 24.0 Å². The van der Waals surface area contributed by atoms with E-state index in [9.17, 15) is 4.79 Å². The molecule has 1 saturated heterocycles. The number of benzene rings is 1. The van der Waals surface area contributed by atoms with Crippen molar-refractivity contribution in [1.82, 2.24) is 20.4 Å². The minimum atomic E-state index is 0. The topological polar surface area (TPSA) is 69.2 Å². The molecule has 7 nitrogen and oxygen atoms in total. The number of carbonyl (C=O) groups is 1. The second kappa shape index (κ2) is 13.0. The van der Waals surface area contributed by atoms with E-state index in [0.29, 0.717) is 24.1 Å². The van der Waals surface area contributed by atoms with Crippen LogP contribution in [-0.4, -0.2) is 81.7 Å². The molecule has 29 heavy (non-hydrogen) atoms. The lowest BCUT2D eigenvalue weighted by molar-refractivity contribution is 0.00752. The Morgan fingerprint density at radius 2 is 1.79 bits per heavy atom. The van der Waals surface area contributed by atoms with Gasteiger partial charge in [-0.05, 0) is 23.6 Å². The molecule has 1 aliphatic heterocycles. The molecular weight excluding hydrogens is 481 g/mol. The van der Waals surface area contributed by atoms with Crippen LogP contribution in [0.3, 0.4) is 0 Å². The van der Waals surface area contributed by atoms with Crippen LogP contribution in [0.15, 0.2) is 29.3 Å². The maximum atomic E-state index is 12.0. The largest absolute Gasteiger partial charge is 0.379 e. The highest BCUT2D eigenvalue weighted by molar-refractivity contribution is 14.0. The van der Waals surface area contributed by atoms with Gasteiger partial charge in [0, 0.05) is 58.9 Å². The quantitative estimate of drug-likeness (QED) is 0.329. The van der Waals surface area contributed by atoms with Crippen molar-refractivity contribution in [2.24, 2.45) is 10.9 Å². The molecule has 2 N–H and O–H groups in total. The second-order valence-corrected chi connectivity index (χ2v) is 7.66. The van der Waals surface area contributed by atoms with Crippen molar-refractivity contribution in [2.75, 3.05) is 54.0 Å². The lowest BCUT2D eigenvalue weighted by Gasteiger charge is -2.37. The van der Waals surface area contributed by atoms with Crippen molar-refractivity contribution in [2.45, 2.75) is 26.4 Å². The maximum absolute atomic E-state index is 12.0. The smallest absolute Gasteiger partial charge is 0.253 e. The average Bonchev–Trinajstić information content (AvgIpc) is 2.70. The van der Waals surface area contributed by atoms with E-state index in [1.165, 1.54) is 0 Å². The summed E-state index contributed by atoms with van der Waals surface area (Å²) in [5.41, 5.74) is 1.80. The number of carbonyl (C=O) groups excluding carboxylic acids is 1. The number of hydrogen-bond donors (Lipinski definition) is 2. The monoisotopic (exact) mass is 517 g/mol. The van der Waals surface area contributed by atoms with E-state index in [1.807, 2.05) is 24.3 Å². The molecule has 1 fully saturated rings. The number of halogens is 1. The van der Waals surface area contributed by atoms with E-state index in [2.05, 4.69) is 34.4 Å². The summed E-state index contributed by atoms with van der Waals surface area (Å²) >= 11 is 0. The molecule has 1 unspecified atom stereocenters. The number of amides is 1. The van der Waals surface area contributed by atoms with Crippen molar-refractivity contribution in [3.8, 4) is 0 Å². The molecule has 1 heterocycles. The fourth-order valence-electron chi connectivity index (χ4n) is 3.33. The fourth-order valence-corrected chi connectivity index (χ4v) is 3.33. The molecule has 0 spiro atoms. The van der Waals surface area contributed by atoms with Gasteiger partial charge in [0.2, 0.25) is 0 Å². The van der Waals surface area contributed by atoms with Gasteiger partial charge in [-0.15, -0.1) is 24.0 Å². The lowest BCUT2D eigenvalue weighted by Crippen LogP contribution is -2.52. The number of hydrogen-bond acceptors (Lipinski definition) is 4. The van der Waals surface area contributed by atoms with Crippen molar-refractivity contribution in [3.63, 3.8) is 0 Å². The summed E-state index contributed by atoms with van der Waals surface area (Å²) in [6.07, 6.45) is 0. The van der Waals surface area contributed by atoms with E-state index < -0.39 is 0 Å². The SMILES string of the molecule is CN=C(NCc1ccc(C(=O)N(C)C)cc1)NCC(C(C)C)N1CCOCC1.I. The van der Waals surface area contributed by atoms with Crippen LogP contribution < -0.4 is 10.6 Å². The number of morpholine rings is 1. The van der Waals surface area contributed by atoms with Gasteiger partial charge in [-0.3, -0.25) is 14.7 Å². The Hall–Kier alpha value is -1.39. The molecule has 2 rings (SSSR count). The highest BCUT2D eigenvalue weighted by Gasteiger charge is 2.23. The number of guanidine groups is 1. The standard InChI is InChI=1S/C21H35N5O2.HI/c1-16(2)19(26-10-12-28-13-11-26)15-24-21(22-3)23-14-17-6-8-18(9-7-17)20(27)25(4)5;/h6-9,16,19H,10-15H2,1-5H3,(H2,22,23,24);1H. The normalized spacial score (nSPS) is 16.1. The summed E-state index contributed by atoms with van der Waals surface area (Å²) in [4.78, 5) is 20.4. The first kappa shape index (κ1) is 25.6. The molecule has 1 aliphatic rings. The molecule has 0 radical (unpaired) electrons. The van der Waals surface area contributed by atoms with Gasteiger partial charge >= 0.3 is 0 Å². The third-order valence-corrected chi connectivity index (χ3v) is 5.05. The molecule has 1 aromatic carbocycles. The van der Waals surface area contributed by atoms with E-state index in [0.717, 1.165) is 44.4 Å². The van der Waals surface area contributed by atoms with Crippen molar-refractivity contribution < 1.29 is 9.53 Å². The Balaban J connectivity index is 0.00000420. The van der Waals surface area contributed by atoms with Gasteiger partial charge in [0.25, 0.3) is 5.91 Å². The molecule has 1 atom stereocenters. The number of ether oxygens (including phenoxy) is 1. The van der Waals surface area contributed by atoms with Gasteiger partial charge in [-0.1, -0.05) is 26.0 Å². The molecule has 164 valence electrons. The molecule has 0 aliphatic carbocycles. The van der Waals surface area contributed by atoms with Gasteiger partial charge < -0.3 is 20.3 Å². The first-order valence-corrected chi connectivity index (χ1v) is 9.99. The van der Waals surface area contributed by atoms with E-state index in [1.54, 1.807) is 26.0 Å². The van der Waals surface area contributed by atoms with Crippen molar-refractivity contribution in [3.05, 3.63) is 35.4 Å². The third-order valence-electron chi connectivity index (χ3n) is 5.05. The van der Waals surface area contributed by atoms with Crippen LogP contribution in [0.5, 0.6) is 0 Å². The summed E-state index contributed by atoms with van der Waals surface area (Å²) in [5, 5.41) is 6.81. The van der Waals surface area contributed by atoms with Crippen LogP contribution in [0.25, 0.3) is 0 Å². The molecule has 0 bridgehead atoms. The highest BCUT2D eigenvalue weighted by Crippen LogP contribution is 2.12. The van der Waals surface area contributed by atoms with Crippen LogP contribution in [-0.2, 0) is 11.3 Å². The third kappa shape index (κ3) is 8.10. The zero-order valence-electron chi connectivity index (χ0n) is 18.3. The predicted molar refractivity (Wildman–Crippen MR) is 129 cm³/mol. The highest BCUT2D eigenvalue weighted by atomic mass is 127. The maximum Gasteiger partial charge on any atom is 0.253 e. The predicted octanol–water partition coefficient (Wildman–Crippen LogP) is 2.03. The average molecular weight is 517 g/mol. The Labute approximate surface area is 192 Å². The zero-order valence-corrected chi connectivity index (χ0v) is 20.6. The lowest BCUT2D eigenvalue weighted by atomic mass is 10.0. The number of nitrogens with zero attached hydrogens (tertiary/aromatic N) is 3. The second-order valence-electron chi connectivity index (χ2n) is 7.66. The molecule has 0 saturated carbocycles. The Bertz CT molecular complexity index is 643. The number of rotatable bonds is 7. The summed E-state index contributed by atoms with van der Waals surface area (Å²) in [6, 6.07) is 8.12. The molecule has 0 aromatic heterocycles. The van der Waals surface area contributed by atoms with Crippen molar-refractivity contribution in [1.29, 1.82) is 0 Å². The molecule has 1 aromatic rings. The Kier molecular flexibility index (Phi) is 11.5. The van der Waals surface area contributed by atoms with Gasteiger partial charge in [-0.2, -0.15) is 0 Å². The Morgan fingerprint density at radius 3 is 2.31 bits per heavy atom. The Morgan fingerprint density at radius 1 is 1.17 bits per heavy atom. The first-order valence-electron chi connectivity index (χ1n) is 9.99. The summed E-state index contributed by atoms with van der Waals surface area (Å²) in [5.74, 6) is 1.35. The minimum absolute atomic E-state index is 0. The van der Waals surface area contributed by atoms with Crippen LogP contribution in [0.1, 0.15) is 29.8 Å². The number of aliphatic imine (C=N–C) groups is 1. The van der Waals surface area contributed by atoms with Crippen LogP contribution in [0.2, 0.25) is 0 Å². The van der Waals surface area contributed by atoms with Gasteiger partial charge in [0.15, 0.2) is 5.96 Å². The summed E-state index contributed by atoms with van der Waals surface area (Å²) in [6.45, 7) is 9.59. The van der Waals surface area contributed by atoms with Crippen LogP contribution in [0, 0.1) is 5.92 Å². The fraction of sp³-hybridized carbons (Fsp3) is 0.619. The first-order chi connectivity index (χ1) is 13.4. The molecular formula is C21H36IN5O2. The van der Waals surface area contributed by atoms with Crippen molar-refractivity contribution >= 4 is 35.8 Å². The van der Waals surface area contributed by atoms with Gasteiger partial charge in [0.1, 0.15) is 0 Å². The molecule has 1 amide bonds. The van der Waals surface area contributed by atoms with Gasteiger partial charge in [0.05, 0.1) is 13.2 Å². The van der Waals surface area contributed by atoms with E-state index >= 15 is 0 Å². The van der Waals surface area contributed by atoms with Crippen LogP contribution in [0.4, 0.5) is 0 Å². The van der Waals surface area contributed by atoms with E-state index in [-0.39, 0.29) is 29.9 Å². The molecule has 8 heteroatoms. The number of nitrogens with one attached hydrogen (secondary N) is 2. The minimum Gasteiger partial charge on any atom is -0.379 e. The summed E-state index contributed by atoms with van der Waals surface area (Å²) < 4.78 is 5.48. The van der Waals surface area contributed by atoms with Gasteiger partial charge in [-0.25, -0.2) is 0 Å².